The highest BCUT2D eigenvalue weighted by Gasteiger charge is 2.18. The smallest absolute Gasteiger partial charge is 0.191 e. The molecule has 0 radical (unpaired) electrons. The highest BCUT2D eigenvalue weighted by molar-refractivity contribution is 14.0. The lowest BCUT2D eigenvalue weighted by Crippen LogP contribution is -2.51. The van der Waals surface area contributed by atoms with Crippen LogP contribution in [-0.2, 0) is 13.2 Å². The molecule has 1 heterocycles. The van der Waals surface area contributed by atoms with Gasteiger partial charge >= 0.3 is 0 Å². The molecule has 2 aromatic carbocycles. The quantitative estimate of drug-likeness (QED) is 0.396. The molecule has 0 atom stereocenters. The number of hydrogen-bond acceptors (Lipinski definition) is 3. The van der Waals surface area contributed by atoms with E-state index < -0.39 is 0 Å². The maximum absolute atomic E-state index is 9.38. The maximum Gasteiger partial charge on any atom is 0.191 e. The molecular formula is C19H24ClIN4O. The first-order valence-corrected chi connectivity index (χ1v) is 8.78. The average Bonchev–Trinajstić information content (AvgIpc) is 2.67. The van der Waals surface area contributed by atoms with Crippen LogP contribution in [0.1, 0.15) is 11.1 Å². The molecular weight excluding hydrogens is 463 g/mol. The average molecular weight is 487 g/mol. The summed E-state index contributed by atoms with van der Waals surface area (Å²) in [5.41, 5.74) is 9.25. The van der Waals surface area contributed by atoms with E-state index in [1.807, 2.05) is 48.5 Å². The molecule has 0 amide bonds. The fraction of sp³-hybridized carbons (Fsp3) is 0.316. The monoisotopic (exact) mass is 486 g/mol. The third-order valence-electron chi connectivity index (χ3n) is 4.50. The number of nitrogens with two attached hydrogens (primary N) is 1. The SMILES string of the molecule is I.NC(=NCc1ccccc1CO)N1CCN(c2ccc(Cl)cc2)CC1. The fourth-order valence-corrected chi connectivity index (χ4v) is 3.10. The van der Waals surface area contributed by atoms with Crippen molar-refractivity contribution in [3.05, 3.63) is 64.7 Å². The van der Waals surface area contributed by atoms with Gasteiger partial charge in [-0.15, -0.1) is 24.0 Å². The Morgan fingerprint density at radius 2 is 1.62 bits per heavy atom. The van der Waals surface area contributed by atoms with E-state index in [1.165, 1.54) is 5.69 Å². The predicted molar refractivity (Wildman–Crippen MR) is 118 cm³/mol. The number of aliphatic hydroxyl groups excluding tert-OH is 1. The molecule has 0 aliphatic carbocycles. The molecule has 7 heteroatoms. The summed E-state index contributed by atoms with van der Waals surface area (Å²) in [4.78, 5) is 8.94. The Kier molecular flexibility index (Phi) is 7.99. The maximum atomic E-state index is 9.38. The first-order chi connectivity index (χ1) is 12.2. The zero-order valence-corrected chi connectivity index (χ0v) is 17.6. The molecule has 1 aliphatic rings. The Balaban J connectivity index is 0.00000243. The summed E-state index contributed by atoms with van der Waals surface area (Å²) in [6, 6.07) is 15.7. The Labute approximate surface area is 176 Å². The number of piperazine rings is 1. The highest BCUT2D eigenvalue weighted by atomic mass is 127. The molecule has 0 saturated carbocycles. The van der Waals surface area contributed by atoms with Crippen molar-refractivity contribution < 1.29 is 5.11 Å². The summed E-state index contributed by atoms with van der Waals surface area (Å²) in [5.74, 6) is 0.559. The van der Waals surface area contributed by atoms with Gasteiger partial charge in [0.15, 0.2) is 5.96 Å². The molecule has 0 spiro atoms. The van der Waals surface area contributed by atoms with Crippen LogP contribution in [0.5, 0.6) is 0 Å². The second-order valence-electron chi connectivity index (χ2n) is 6.05. The topological polar surface area (TPSA) is 65.1 Å². The first kappa shape index (κ1) is 20.8. The second kappa shape index (κ2) is 9.99. The lowest BCUT2D eigenvalue weighted by molar-refractivity contribution is 0.280. The molecule has 140 valence electrons. The van der Waals surface area contributed by atoms with Crippen molar-refractivity contribution >= 4 is 47.2 Å². The van der Waals surface area contributed by atoms with Gasteiger partial charge in [0, 0.05) is 36.9 Å². The molecule has 2 aromatic rings. The zero-order chi connectivity index (χ0) is 17.6. The Hall–Kier alpha value is -1.51. The van der Waals surface area contributed by atoms with E-state index in [0.29, 0.717) is 12.5 Å². The molecule has 0 aromatic heterocycles. The number of rotatable bonds is 4. The highest BCUT2D eigenvalue weighted by Crippen LogP contribution is 2.19. The van der Waals surface area contributed by atoms with Gasteiger partial charge in [-0.05, 0) is 35.4 Å². The normalized spacial score (nSPS) is 14.9. The lowest BCUT2D eigenvalue weighted by Gasteiger charge is -2.36. The van der Waals surface area contributed by atoms with Crippen LogP contribution >= 0.6 is 35.6 Å². The van der Waals surface area contributed by atoms with Crippen LogP contribution in [0.15, 0.2) is 53.5 Å². The van der Waals surface area contributed by atoms with Crippen molar-refractivity contribution in [1.82, 2.24) is 4.90 Å². The minimum atomic E-state index is 0. The summed E-state index contributed by atoms with van der Waals surface area (Å²) < 4.78 is 0. The molecule has 1 aliphatic heterocycles. The Morgan fingerprint density at radius 1 is 1.00 bits per heavy atom. The third kappa shape index (κ3) is 5.25. The molecule has 0 bridgehead atoms. The summed E-state index contributed by atoms with van der Waals surface area (Å²) in [6.45, 7) is 3.96. The zero-order valence-electron chi connectivity index (χ0n) is 14.5. The molecule has 5 nitrogen and oxygen atoms in total. The van der Waals surface area contributed by atoms with Gasteiger partial charge < -0.3 is 20.6 Å². The summed E-state index contributed by atoms with van der Waals surface area (Å²) in [6.07, 6.45) is 0. The van der Waals surface area contributed by atoms with Crippen LogP contribution in [0, 0.1) is 0 Å². The van der Waals surface area contributed by atoms with Crippen molar-refractivity contribution in [3.8, 4) is 0 Å². The Bertz CT molecular complexity index is 731. The molecule has 3 rings (SSSR count). The largest absolute Gasteiger partial charge is 0.392 e. The standard InChI is InChI=1S/C19H23ClN4O.HI/c20-17-5-7-18(8-6-17)23-9-11-24(12-10-23)19(21)22-13-15-3-1-2-4-16(15)14-25;/h1-8,25H,9-14H2,(H2,21,22);1H. The van der Waals surface area contributed by atoms with Crippen molar-refractivity contribution in [1.29, 1.82) is 0 Å². The summed E-state index contributed by atoms with van der Waals surface area (Å²) >= 11 is 5.95. The van der Waals surface area contributed by atoms with Gasteiger partial charge in [0.1, 0.15) is 0 Å². The van der Waals surface area contributed by atoms with Gasteiger partial charge in [0.2, 0.25) is 0 Å². The van der Waals surface area contributed by atoms with E-state index >= 15 is 0 Å². The van der Waals surface area contributed by atoms with Crippen LogP contribution in [0.25, 0.3) is 0 Å². The van der Waals surface area contributed by atoms with E-state index in [0.717, 1.165) is 42.3 Å². The summed E-state index contributed by atoms with van der Waals surface area (Å²) in [5, 5.41) is 10.1. The fourth-order valence-electron chi connectivity index (χ4n) is 2.98. The van der Waals surface area contributed by atoms with Gasteiger partial charge in [0.25, 0.3) is 0 Å². The predicted octanol–water partition coefficient (Wildman–Crippen LogP) is 3.09. The van der Waals surface area contributed by atoms with Crippen LogP contribution in [0.2, 0.25) is 5.02 Å². The molecule has 3 N–H and O–H groups in total. The number of hydrogen-bond donors (Lipinski definition) is 2. The number of nitrogens with zero attached hydrogens (tertiary/aromatic N) is 3. The number of aliphatic hydroxyl groups is 1. The first-order valence-electron chi connectivity index (χ1n) is 8.40. The van der Waals surface area contributed by atoms with Crippen molar-refractivity contribution in [2.45, 2.75) is 13.2 Å². The van der Waals surface area contributed by atoms with E-state index in [9.17, 15) is 5.11 Å². The van der Waals surface area contributed by atoms with E-state index in [2.05, 4.69) is 14.8 Å². The van der Waals surface area contributed by atoms with E-state index in [1.54, 1.807) is 0 Å². The number of aliphatic imine (C=N–C) groups is 1. The second-order valence-corrected chi connectivity index (χ2v) is 6.49. The van der Waals surface area contributed by atoms with Crippen molar-refractivity contribution in [2.75, 3.05) is 31.1 Å². The number of anilines is 1. The van der Waals surface area contributed by atoms with Crippen LogP contribution in [0.4, 0.5) is 5.69 Å². The minimum absolute atomic E-state index is 0. The molecule has 1 saturated heterocycles. The minimum Gasteiger partial charge on any atom is -0.392 e. The number of benzene rings is 2. The molecule has 26 heavy (non-hydrogen) atoms. The van der Waals surface area contributed by atoms with Gasteiger partial charge in [-0.3, -0.25) is 0 Å². The van der Waals surface area contributed by atoms with Crippen molar-refractivity contribution in [3.63, 3.8) is 0 Å². The van der Waals surface area contributed by atoms with Crippen LogP contribution in [-0.4, -0.2) is 42.1 Å². The van der Waals surface area contributed by atoms with Crippen LogP contribution in [0.3, 0.4) is 0 Å². The van der Waals surface area contributed by atoms with Crippen molar-refractivity contribution in [2.24, 2.45) is 10.7 Å². The van der Waals surface area contributed by atoms with E-state index in [-0.39, 0.29) is 30.6 Å². The molecule has 1 fully saturated rings. The van der Waals surface area contributed by atoms with Gasteiger partial charge in [0.05, 0.1) is 13.2 Å². The molecule has 0 unspecified atom stereocenters. The summed E-state index contributed by atoms with van der Waals surface area (Å²) in [7, 11) is 0. The third-order valence-corrected chi connectivity index (χ3v) is 4.75. The van der Waals surface area contributed by atoms with Gasteiger partial charge in [-0.1, -0.05) is 35.9 Å². The van der Waals surface area contributed by atoms with Gasteiger partial charge in [-0.2, -0.15) is 0 Å². The number of halogens is 2. The number of guanidine groups is 1. The Morgan fingerprint density at radius 3 is 2.23 bits per heavy atom. The van der Waals surface area contributed by atoms with Gasteiger partial charge in [-0.25, -0.2) is 4.99 Å². The van der Waals surface area contributed by atoms with E-state index in [4.69, 9.17) is 17.3 Å². The lowest BCUT2D eigenvalue weighted by atomic mass is 10.1. The van der Waals surface area contributed by atoms with Crippen LogP contribution < -0.4 is 10.6 Å².